The lowest BCUT2D eigenvalue weighted by atomic mass is 9.67. The second kappa shape index (κ2) is 12.2. The molecule has 0 radical (unpaired) electrons. The highest BCUT2D eigenvalue weighted by molar-refractivity contribution is 7.99. The Labute approximate surface area is 318 Å². The third-order valence-corrected chi connectivity index (χ3v) is 12.1. The monoisotopic (exact) mass is 705 g/mol. The number of para-hydroxylation sites is 1. The van der Waals surface area contributed by atoms with Crippen molar-refractivity contribution >= 4 is 22.7 Å². The van der Waals surface area contributed by atoms with Crippen molar-refractivity contribution in [1.82, 2.24) is 15.0 Å². The molecule has 2 aliphatic rings. The predicted molar refractivity (Wildman–Crippen MR) is 221 cm³/mol. The Bertz CT molecular complexity index is 2810. The molecule has 3 nitrogen and oxygen atoms in total. The van der Waals surface area contributed by atoms with Gasteiger partial charge in [-0.15, -0.1) is 0 Å². The molecule has 0 fully saturated rings. The van der Waals surface area contributed by atoms with Gasteiger partial charge in [0, 0.05) is 43.6 Å². The maximum absolute atomic E-state index is 5.21. The maximum Gasteiger partial charge on any atom is 0.160 e. The van der Waals surface area contributed by atoms with Gasteiger partial charge in [0.05, 0.1) is 22.3 Å². The summed E-state index contributed by atoms with van der Waals surface area (Å²) in [6, 6.07) is 65.4. The predicted octanol–water partition coefficient (Wildman–Crippen LogP) is 12.5. The van der Waals surface area contributed by atoms with Gasteiger partial charge < -0.3 is 0 Å². The fourth-order valence-electron chi connectivity index (χ4n) is 8.64. The second-order valence-electron chi connectivity index (χ2n) is 13.9. The summed E-state index contributed by atoms with van der Waals surface area (Å²) < 4.78 is 0. The molecule has 1 spiro atoms. The smallest absolute Gasteiger partial charge is 0.160 e. The summed E-state index contributed by atoms with van der Waals surface area (Å²) in [5, 5.41) is 1.14. The summed E-state index contributed by atoms with van der Waals surface area (Å²) in [5.74, 6) is 0.714. The average Bonchev–Trinajstić information content (AvgIpc) is 3.54. The van der Waals surface area contributed by atoms with Gasteiger partial charge in [-0.3, -0.25) is 4.98 Å². The molecule has 0 N–H and O–H groups in total. The summed E-state index contributed by atoms with van der Waals surface area (Å²) >= 11 is 1.85. The fraction of sp³-hybridized carbons (Fsp3) is 0.0200. The van der Waals surface area contributed by atoms with Crippen LogP contribution in [0, 0.1) is 0 Å². The van der Waals surface area contributed by atoms with E-state index in [1.807, 2.05) is 48.3 Å². The molecule has 252 valence electrons. The van der Waals surface area contributed by atoms with E-state index in [4.69, 9.17) is 15.0 Å². The lowest BCUT2D eigenvalue weighted by Crippen LogP contribution is -2.32. The molecule has 0 atom stereocenters. The Morgan fingerprint density at radius 3 is 1.65 bits per heavy atom. The Morgan fingerprint density at radius 2 is 0.944 bits per heavy atom. The van der Waals surface area contributed by atoms with Gasteiger partial charge in [0.2, 0.25) is 0 Å². The highest BCUT2D eigenvalue weighted by Crippen LogP contribution is 2.62. The van der Waals surface area contributed by atoms with Crippen LogP contribution in [0.25, 0.3) is 67.1 Å². The molecule has 0 bridgehead atoms. The highest BCUT2D eigenvalue weighted by atomic mass is 32.2. The van der Waals surface area contributed by atoms with Crippen LogP contribution in [0.5, 0.6) is 0 Å². The van der Waals surface area contributed by atoms with Crippen molar-refractivity contribution < 1.29 is 0 Å². The average molecular weight is 706 g/mol. The molecule has 1 aliphatic carbocycles. The number of nitrogens with zero attached hydrogens (tertiary/aromatic N) is 3. The maximum atomic E-state index is 5.21. The molecule has 0 saturated heterocycles. The molecule has 4 heteroatoms. The molecule has 0 amide bonds. The standard InChI is InChI=1S/C50H31N3S/c1-3-13-32(14-4-1)44-31-45(53-49(52-44)34-15-5-2-6-16-34)36-25-27-43-47(30-36)54-46-29-35(37-21-11-17-33-18-12-28-51-48(33)37)24-26-42(46)50(43)40-22-9-7-19-38(40)39-20-8-10-23-41(39)50/h1-31H. The van der Waals surface area contributed by atoms with Gasteiger partial charge in [0.25, 0.3) is 0 Å². The van der Waals surface area contributed by atoms with Gasteiger partial charge in [0.15, 0.2) is 5.82 Å². The van der Waals surface area contributed by atoms with E-state index in [-0.39, 0.29) is 0 Å². The Kier molecular flexibility index (Phi) is 7.01. The van der Waals surface area contributed by atoms with Crippen molar-refractivity contribution in [3.8, 4) is 56.2 Å². The number of benzene rings is 7. The van der Waals surface area contributed by atoms with Gasteiger partial charge in [-0.25, -0.2) is 9.97 Å². The molecule has 1 aliphatic heterocycles. The molecule has 11 rings (SSSR count). The van der Waals surface area contributed by atoms with Crippen LogP contribution in [0.1, 0.15) is 22.3 Å². The zero-order valence-electron chi connectivity index (χ0n) is 29.1. The SMILES string of the molecule is c1ccc(-c2cc(-c3ccc4c(c3)Sc3cc(-c5cccc6cccnc56)ccc3C43c4ccccc4-c4ccccc43)nc(-c3ccccc3)n2)cc1. The number of hydrogen-bond acceptors (Lipinski definition) is 4. The van der Waals surface area contributed by atoms with Crippen molar-refractivity contribution in [1.29, 1.82) is 0 Å². The van der Waals surface area contributed by atoms with Gasteiger partial charge in [0.1, 0.15) is 0 Å². The van der Waals surface area contributed by atoms with E-state index >= 15 is 0 Å². The number of rotatable bonds is 4. The van der Waals surface area contributed by atoms with Crippen LogP contribution < -0.4 is 0 Å². The summed E-state index contributed by atoms with van der Waals surface area (Å²) in [6.45, 7) is 0. The van der Waals surface area contributed by atoms with E-state index in [2.05, 4.69) is 152 Å². The minimum absolute atomic E-state index is 0.479. The van der Waals surface area contributed by atoms with E-state index in [0.29, 0.717) is 5.82 Å². The first-order valence-electron chi connectivity index (χ1n) is 18.3. The summed E-state index contributed by atoms with van der Waals surface area (Å²) in [5.41, 5.74) is 15.6. The minimum Gasteiger partial charge on any atom is -0.256 e. The van der Waals surface area contributed by atoms with Crippen LogP contribution in [0.2, 0.25) is 0 Å². The zero-order valence-corrected chi connectivity index (χ0v) is 30.0. The second-order valence-corrected chi connectivity index (χ2v) is 15.0. The first-order chi connectivity index (χ1) is 26.8. The summed E-state index contributed by atoms with van der Waals surface area (Å²) in [4.78, 5) is 17.6. The molecule has 2 aromatic heterocycles. The van der Waals surface area contributed by atoms with Gasteiger partial charge >= 0.3 is 0 Å². The van der Waals surface area contributed by atoms with Crippen LogP contribution >= 0.6 is 11.8 Å². The number of fused-ring (bicyclic) bond motifs is 10. The summed E-state index contributed by atoms with van der Waals surface area (Å²) in [7, 11) is 0. The molecular weight excluding hydrogens is 675 g/mol. The molecule has 3 heterocycles. The number of aromatic nitrogens is 3. The molecule has 54 heavy (non-hydrogen) atoms. The number of hydrogen-bond donors (Lipinski definition) is 0. The molecule has 0 saturated carbocycles. The first-order valence-corrected chi connectivity index (χ1v) is 19.1. The Balaban J connectivity index is 1.15. The van der Waals surface area contributed by atoms with Crippen LogP contribution in [0.15, 0.2) is 198 Å². The van der Waals surface area contributed by atoms with Crippen LogP contribution in [0.4, 0.5) is 0 Å². The lowest BCUT2D eigenvalue weighted by Gasteiger charge is -2.40. The normalized spacial score (nSPS) is 13.3. The Morgan fingerprint density at radius 1 is 0.389 bits per heavy atom. The third-order valence-electron chi connectivity index (χ3n) is 11.0. The van der Waals surface area contributed by atoms with Crippen molar-refractivity contribution in [2.75, 3.05) is 0 Å². The first kappa shape index (κ1) is 31.0. The quantitative estimate of drug-likeness (QED) is 0.183. The van der Waals surface area contributed by atoms with Crippen LogP contribution in [0.3, 0.4) is 0 Å². The van der Waals surface area contributed by atoms with Gasteiger partial charge in [-0.2, -0.15) is 0 Å². The van der Waals surface area contributed by atoms with Crippen molar-refractivity contribution in [2.24, 2.45) is 0 Å². The van der Waals surface area contributed by atoms with Crippen molar-refractivity contribution in [3.63, 3.8) is 0 Å². The largest absolute Gasteiger partial charge is 0.256 e. The van der Waals surface area contributed by atoms with E-state index in [0.717, 1.165) is 50.1 Å². The zero-order chi connectivity index (χ0) is 35.6. The third kappa shape index (κ3) is 4.67. The molecule has 0 unspecified atom stereocenters. The number of pyridine rings is 1. The molecular formula is C50H31N3S. The minimum atomic E-state index is -0.479. The highest BCUT2D eigenvalue weighted by Gasteiger charge is 2.50. The fourth-order valence-corrected chi connectivity index (χ4v) is 9.92. The van der Waals surface area contributed by atoms with Gasteiger partial charge in [-0.05, 0) is 63.2 Å². The molecule has 7 aromatic carbocycles. The Hall–Kier alpha value is -6.62. The van der Waals surface area contributed by atoms with E-state index in [9.17, 15) is 0 Å². The topological polar surface area (TPSA) is 38.7 Å². The molecule has 9 aromatic rings. The lowest BCUT2D eigenvalue weighted by molar-refractivity contribution is 0.723. The van der Waals surface area contributed by atoms with Gasteiger partial charge in [-0.1, -0.05) is 169 Å². The van der Waals surface area contributed by atoms with E-state index < -0.39 is 5.41 Å². The van der Waals surface area contributed by atoms with Crippen molar-refractivity contribution in [2.45, 2.75) is 15.2 Å². The van der Waals surface area contributed by atoms with Crippen LogP contribution in [-0.4, -0.2) is 15.0 Å². The van der Waals surface area contributed by atoms with E-state index in [1.165, 1.54) is 43.2 Å². The van der Waals surface area contributed by atoms with E-state index in [1.54, 1.807) is 0 Å². The van der Waals surface area contributed by atoms with Crippen LogP contribution in [-0.2, 0) is 5.41 Å². The summed E-state index contributed by atoms with van der Waals surface area (Å²) in [6.07, 6.45) is 1.89. The van der Waals surface area contributed by atoms with Crippen molar-refractivity contribution in [3.05, 3.63) is 210 Å².